The van der Waals surface area contributed by atoms with Gasteiger partial charge in [0.15, 0.2) is 0 Å². The fourth-order valence-electron chi connectivity index (χ4n) is 1.54. The zero-order valence-electron chi connectivity index (χ0n) is 11.3. The average Bonchev–Trinajstić information content (AvgIpc) is 2.75. The van der Waals surface area contributed by atoms with Crippen molar-refractivity contribution in [3.05, 3.63) is 20.8 Å². The first kappa shape index (κ1) is 17.1. The minimum atomic E-state index is -3.22. The minimum Gasteiger partial charge on any atom is -0.315 e. The molecule has 1 rings (SSSR count). The summed E-state index contributed by atoms with van der Waals surface area (Å²) in [5.74, 6) is 0. The predicted octanol–water partition coefficient (Wildman–Crippen LogP) is 2.36. The summed E-state index contributed by atoms with van der Waals surface area (Å²) in [7, 11) is -3.22. The van der Waals surface area contributed by atoms with Crippen molar-refractivity contribution in [3.63, 3.8) is 0 Å². The molecule has 0 radical (unpaired) electrons. The van der Waals surface area contributed by atoms with Crippen molar-refractivity contribution in [2.75, 3.05) is 19.6 Å². The maximum atomic E-state index is 12.0. The Morgan fingerprint density at radius 1 is 1.37 bits per heavy atom. The summed E-state index contributed by atoms with van der Waals surface area (Å²) in [6.07, 6.45) is 1.73. The van der Waals surface area contributed by atoms with Crippen LogP contribution in [-0.2, 0) is 16.4 Å². The van der Waals surface area contributed by atoms with E-state index in [-0.39, 0.29) is 0 Å². The largest absolute Gasteiger partial charge is 0.315 e. The van der Waals surface area contributed by atoms with Crippen LogP contribution in [0.1, 0.15) is 25.1 Å². The van der Waals surface area contributed by atoms with Gasteiger partial charge in [-0.15, -0.1) is 11.3 Å². The van der Waals surface area contributed by atoms with Gasteiger partial charge in [-0.25, -0.2) is 13.1 Å². The van der Waals surface area contributed by atoms with E-state index in [1.165, 1.54) is 4.88 Å². The lowest BCUT2D eigenvalue weighted by Crippen LogP contribution is -2.39. The summed E-state index contributed by atoms with van der Waals surface area (Å²) in [4.78, 5) is 1.17. The normalized spacial score (nSPS) is 13.6. The molecule has 0 fully saturated rings. The average molecular weight is 369 g/mol. The zero-order chi connectivity index (χ0) is 14.3. The number of rotatable bonds is 9. The highest BCUT2D eigenvalue weighted by atomic mass is 79.9. The number of sulfonamides is 1. The van der Waals surface area contributed by atoms with Gasteiger partial charge in [-0.1, -0.05) is 6.92 Å². The van der Waals surface area contributed by atoms with E-state index >= 15 is 0 Å². The van der Waals surface area contributed by atoms with Crippen LogP contribution in [0.2, 0.25) is 0 Å². The van der Waals surface area contributed by atoms with Crippen molar-refractivity contribution in [1.82, 2.24) is 10.0 Å². The topological polar surface area (TPSA) is 58.2 Å². The van der Waals surface area contributed by atoms with Crippen molar-refractivity contribution in [2.45, 2.75) is 31.9 Å². The molecule has 0 amide bonds. The molecule has 0 saturated heterocycles. The van der Waals surface area contributed by atoms with E-state index in [0.717, 1.165) is 23.2 Å². The van der Waals surface area contributed by atoms with Crippen LogP contribution in [0, 0.1) is 0 Å². The molecule has 1 aromatic heterocycles. The number of hydrogen-bond acceptors (Lipinski definition) is 4. The van der Waals surface area contributed by atoms with Crippen LogP contribution >= 0.6 is 27.3 Å². The molecule has 1 unspecified atom stereocenters. The van der Waals surface area contributed by atoms with Gasteiger partial charge >= 0.3 is 0 Å². The molecule has 110 valence electrons. The van der Waals surface area contributed by atoms with Gasteiger partial charge in [0.25, 0.3) is 0 Å². The summed E-state index contributed by atoms with van der Waals surface area (Å²) < 4.78 is 27.7. The van der Waals surface area contributed by atoms with E-state index in [1.807, 2.05) is 12.1 Å². The second-order valence-corrected chi connectivity index (χ2v) is 9.14. The molecule has 1 atom stereocenters. The number of thiophene rings is 1. The monoisotopic (exact) mass is 368 g/mol. The molecular weight excluding hydrogens is 348 g/mol. The summed E-state index contributed by atoms with van der Waals surface area (Å²) in [6.45, 7) is 5.58. The lowest BCUT2D eigenvalue weighted by molar-refractivity contribution is 0.557. The van der Waals surface area contributed by atoms with Crippen LogP contribution in [0.25, 0.3) is 0 Å². The van der Waals surface area contributed by atoms with Crippen LogP contribution in [0.5, 0.6) is 0 Å². The second kappa shape index (κ2) is 8.36. The second-order valence-electron chi connectivity index (χ2n) is 4.41. The Morgan fingerprint density at radius 3 is 2.68 bits per heavy atom. The van der Waals surface area contributed by atoms with Gasteiger partial charge in [0.05, 0.1) is 9.04 Å². The Balaban J connectivity index is 2.33. The first-order chi connectivity index (χ1) is 8.95. The summed E-state index contributed by atoms with van der Waals surface area (Å²) in [5.41, 5.74) is 0. The summed E-state index contributed by atoms with van der Waals surface area (Å²) >= 11 is 5.03. The molecule has 0 aromatic carbocycles. The maximum absolute atomic E-state index is 12.0. The smallest absolute Gasteiger partial charge is 0.215 e. The molecule has 1 heterocycles. The van der Waals surface area contributed by atoms with Crippen LogP contribution in [-0.4, -0.2) is 33.3 Å². The minimum absolute atomic E-state index is 0.408. The molecular formula is C12H21BrN2O2S2. The lowest BCUT2D eigenvalue weighted by atomic mass is 10.3. The van der Waals surface area contributed by atoms with Crippen LogP contribution in [0.15, 0.2) is 15.9 Å². The Bertz CT molecular complexity index is 474. The van der Waals surface area contributed by atoms with Crippen molar-refractivity contribution >= 4 is 37.3 Å². The molecule has 0 aliphatic rings. The highest BCUT2D eigenvalue weighted by Crippen LogP contribution is 2.22. The highest BCUT2D eigenvalue weighted by Gasteiger charge is 2.19. The van der Waals surface area contributed by atoms with Gasteiger partial charge in [-0.2, -0.15) is 0 Å². The van der Waals surface area contributed by atoms with E-state index in [4.69, 9.17) is 0 Å². The molecule has 2 N–H and O–H groups in total. The Kier molecular flexibility index (Phi) is 7.53. The van der Waals surface area contributed by atoms with E-state index < -0.39 is 15.3 Å². The summed E-state index contributed by atoms with van der Waals surface area (Å²) in [6, 6.07) is 3.99. The standard InChI is InChI=1S/C12H21BrN2O2S2/c1-3-7-14-9-10(2)19(16,17)15-8-6-11-4-5-12(13)18-11/h4-5,10,14-15H,3,6-9H2,1-2H3. The number of halogens is 1. The third-order valence-corrected chi connectivity index (χ3v) is 6.21. The number of hydrogen-bond donors (Lipinski definition) is 2. The first-order valence-corrected chi connectivity index (χ1v) is 9.54. The van der Waals surface area contributed by atoms with Crippen molar-refractivity contribution in [1.29, 1.82) is 0 Å². The molecule has 0 bridgehead atoms. The quantitative estimate of drug-likeness (QED) is 0.657. The van der Waals surface area contributed by atoms with Gasteiger partial charge in [-0.3, -0.25) is 0 Å². The van der Waals surface area contributed by atoms with Crippen LogP contribution in [0.4, 0.5) is 0 Å². The van der Waals surface area contributed by atoms with Crippen molar-refractivity contribution in [3.8, 4) is 0 Å². The van der Waals surface area contributed by atoms with E-state index in [2.05, 4.69) is 32.9 Å². The van der Waals surface area contributed by atoms with E-state index in [1.54, 1.807) is 18.3 Å². The third-order valence-electron chi connectivity index (χ3n) is 2.69. The molecule has 0 aliphatic carbocycles. The Morgan fingerprint density at radius 2 is 2.11 bits per heavy atom. The third kappa shape index (κ3) is 6.35. The molecule has 0 aliphatic heterocycles. The lowest BCUT2D eigenvalue weighted by Gasteiger charge is -2.14. The van der Waals surface area contributed by atoms with Gasteiger partial charge in [0, 0.05) is 18.0 Å². The van der Waals surface area contributed by atoms with Gasteiger partial charge in [0.2, 0.25) is 10.0 Å². The van der Waals surface area contributed by atoms with Gasteiger partial charge in [-0.05, 0) is 54.4 Å². The van der Waals surface area contributed by atoms with Crippen molar-refractivity contribution in [2.24, 2.45) is 0 Å². The van der Waals surface area contributed by atoms with Gasteiger partial charge < -0.3 is 5.32 Å². The fraction of sp³-hybridized carbons (Fsp3) is 0.667. The molecule has 0 saturated carbocycles. The fourth-order valence-corrected chi connectivity index (χ4v) is 4.03. The van der Waals surface area contributed by atoms with Crippen LogP contribution in [0.3, 0.4) is 0 Å². The summed E-state index contributed by atoms with van der Waals surface area (Å²) in [5, 5.41) is 2.72. The van der Waals surface area contributed by atoms with Gasteiger partial charge in [0.1, 0.15) is 0 Å². The predicted molar refractivity (Wildman–Crippen MR) is 85.3 cm³/mol. The zero-order valence-corrected chi connectivity index (χ0v) is 14.5. The molecule has 1 aromatic rings. The van der Waals surface area contributed by atoms with E-state index in [9.17, 15) is 8.42 Å². The van der Waals surface area contributed by atoms with Crippen LogP contribution < -0.4 is 10.0 Å². The molecule has 4 nitrogen and oxygen atoms in total. The molecule has 0 spiro atoms. The SMILES string of the molecule is CCCNCC(C)S(=O)(=O)NCCc1ccc(Br)s1. The Hall–Kier alpha value is 0.0500. The van der Waals surface area contributed by atoms with E-state index in [0.29, 0.717) is 13.1 Å². The highest BCUT2D eigenvalue weighted by molar-refractivity contribution is 9.11. The first-order valence-electron chi connectivity index (χ1n) is 6.39. The van der Waals surface area contributed by atoms with Crippen molar-refractivity contribution < 1.29 is 8.42 Å². The molecule has 19 heavy (non-hydrogen) atoms. The number of nitrogens with one attached hydrogen (secondary N) is 2. The Labute approximate surface area is 128 Å². The maximum Gasteiger partial charge on any atom is 0.215 e. The molecule has 7 heteroatoms.